The third-order valence-corrected chi connectivity index (χ3v) is 2.25. The van der Waals surface area contributed by atoms with Crippen LogP contribution in [0.1, 0.15) is 12.1 Å². The summed E-state index contributed by atoms with van der Waals surface area (Å²) >= 11 is 0. The van der Waals surface area contributed by atoms with Crippen molar-refractivity contribution in [3.63, 3.8) is 0 Å². The molecule has 1 unspecified atom stereocenters. The van der Waals surface area contributed by atoms with E-state index in [4.69, 9.17) is 0 Å². The predicted molar refractivity (Wildman–Crippen MR) is 57.4 cm³/mol. The molecule has 0 amide bonds. The average Bonchev–Trinajstić information content (AvgIpc) is 2.69. The summed E-state index contributed by atoms with van der Waals surface area (Å²) in [5.74, 6) is 0. The summed E-state index contributed by atoms with van der Waals surface area (Å²) in [6.07, 6.45) is 6.43. The molecule has 1 saturated heterocycles. The number of nitrogens with zero attached hydrogens (tertiary/aromatic N) is 2. The van der Waals surface area contributed by atoms with Crippen LogP contribution in [-0.2, 0) is 6.54 Å². The summed E-state index contributed by atoms with van der Waals surface area (Å²) in [4.78, 5) is 8.21. The van der Waals surface area contributed by atoms with Gasteiger partial charge in [0.1, 0.15) is 0 Å². The van der Waals surface area contributed by atoms with E-state index in [-0.39, 0.29) is 12.4 Å². The highest BCUT2D eigenvalue weighted by molar-refractivity contribution is 5.85. The molecule has 1 atom stereocenters. The molecule has 1 aliphatic rings. The molecular formula is C9H15ClN4. The van der Waals surface area contributed by atoms with Crippen LogP contribution in [0.3, 0.4) is 0 Å². The molecule has 0 aliphatic carbocycles. The maximum atomic E-state index is 4.19. The number of hydrogen-bond donors (Lipinski definition) is 2. The lowest BCUT2D eigenvalue weighted by Gasteiger charge is -2.09. The van der Waals surface area contributed by atoms with Gasteiger partial charge in [-0.15, -0.1) is 12.4 Å². The van der Waals surface area contributed by atoms with Crippen molar-refractivity contribution in [1.82, 2.24) is 20.6 Å². The third-order valence-electron chi connectivity index (χ3n) is 2.25. The first-order chi connectivity index (χ1) is 6.45. The van der Waals surface area contributed by atoms with Gasteiger partial charge < -0.3 is 10.6 Å². The van der Waals surface area contributed by atoms with Crippen LogP contribution in [0.2, 0.25) is 0 Å². The van der Waals surface area contributed by atoms with Crippen molar-refractivity contribution in [2.24, 2.45) is 0 Å². The smallest absolute Gasteiger partial charge is 0.0724 e. The molecule has 4 nitrogen and oxygen atoms in total. The zero-order valence-corrected chi connectivity index (χ0v) is 8.76. The molecule has 1 fully saturated rings. The molecule has 0 spiro atoms. The van der Waals surface area contributed by atoms with E-state index in [0.717, 1.165) is 25.3 Å². The molecule has 2 rings (SSSR count). The molecule has 0 saturated carbocycles. The third kappa shape index (κ3) is 3.21. The Labute approximate surface area is 89.9 Å². The van der Waals surface area contributed by atoms with Gasteiger partial charge in [0.2, 0.25) is 0 Å². The van der Waals surface area contributed by atoms with E-state index >= 15 is 0 Å². The molecule has 0 bridgehead atoms. The molecule has 2 heterocycles. The highest BCUT2D eigenvalue weighted by atomic mass is 35.5. The molecular weight excluding hydrogens is 200 g/mol. The number of nitrogens with one attached hydrogen (secondary N) is 2. The molecule has 5 heteroatoms. The Kier molecular flexibility index (Phi) is 4.79. The molecule has 0 aromatic carbocycles. The van der Waals surface area contributed by atoms with Crippen molar-refractivity contribution in [2.45, 2.75) is 19.0 Å². The zero-order valence-electron chi connectivity index (χ0n) is 7.94. The van der Waals surface area contributed by atoms with Gasteiger partial charge >= 0.3 is 0 Å². The lowest BCUT2D eigenvalue weighted by atomic mass is 10.2. The normalized spacial score (nSPS) is 20.4. The van der Waals surface area contributed by atoms with Crippen molar-refractivity contribution in [1.29, 1.82) is 0 Å². The Hall–Kier alpha value is -0.710. The summed E-state index contributed by atoms with van der Waals surface area (Å²) in [6, 6.07) is 0.599. The summed E-state index contributed by atoms with van der Waals surface area (Å²) in [5.41, 5.74) is 1.01. The first-order valence-corrected chi connectivity index (χ1v) is 4.64. The topological polar surface area (TPSA) is 49.8 Å². The Morgan fingerprint density at radius 1 is 1.50 bits per heavy atom. The maximum Gasteiger partial charge on any atom is 0.0724 e. The SMILES string of the molecule is Cl.c1cnc(CNC2CCNC2)cn1. The van der Waals surface area contributed by atoms with Crippen LogP contribution in [-0.4, -0.2) is 29.1 Å². The van der Waals surface area contributed by atoms with Crippen molar-refractivity contribution < 1.29 is 0 Å². The highest BCUT2D eigenvalue weighted by Gasteiger charge is 2.12. The van der Waals surface area contributed by atoms with Crippen molar-refractivity contribution in [3.05, 3.63) is 24.3 Å². The van der Waals surface area contributed by atoms with Gasteiger partial charge in [0.05, 0.1) is 5.69 Å². The summed E-state index contributed by atoms with van der Waals surface area (Å²) in [6.45, 7) is 3.01. The van der Waals surface area contributed by atoms with Gasteiger partial charge in [-0.05, 0) is 13.0 Å². The van der Waals surface area contributed by atoms with E-state index in [1.165, 1.54) is 6.42 Å². The van der Waals surface area contributed by atoms with Crippen LogP contribution in [0.15, 0.2) is 18.6 Å². The molecule has 0 radical (unpaired) electrons. The maximum absolute atomic E-state index is 4.19. The molecule has 14 heavy (non-hydrogen) atoms. The van der Waals surface area contributed by atoms with Gasteiger partial charge in [-0.25, -0.2) is 0 Å². The second kappa shape index (κ2) is 5.90. The molecule has 2 N–H and O–H groups in total. The Morgan fingerprint density at radius 3 is 3.07 bits per heavy atom. The number of hydrogen-bond acceptors (Lipinski definition) is 4. The lowest BCUT2D eigenvalue weighted by Crippen LogP contribution is -2.30. The lowest BCUT2D eigenvalue weighted by molar-refractivity contribution is 0.541. The second-order valence-corrected chi connectivity index (χ2v) is 3.27. The molecule has 1 aromatic rings. The van der Waals surface area contributed by atoms with Crippen molar-refractivity contribution in [2.75, 3.05) is 13.1 Å². The van der Waals surface area contributed by atoms with Crippen LogP contribution in [0.5, 0.6) is 0 Å². The van der Waals surface area contributed by atoms with Crippen LogP contribution in [0, 0.1) is 0 Å². The minimum absolute atomic E-state index is 0. The number of halogens is 1. The summed E-state index contributed by atoms with van der Waals surface area (Å²) in [5, 5.41) is 6.74. The largest absolute Gasteiger partial charge is 0.315 e. The van der Waals surface area contributed by atoms with E-state index < -0.39 is 0 Å². The first kappa shape index (κ1) is 11.4. The van der Waals surface area contributed by atoms with Crippen molar-refractivity contribution >= 4 is 12.4 Å². The highest BCUT2D eigenvalue weighted by Crippen LogP contribution is 1.98. The van der Waals surface area contributed by atoms with Gasteiger partial charge in [-0.2, -0.15) is 0 Å². The van der Waals surface area contributed by atoms with Crippen LogP contribution in [0.4, 0.5) is 0 Å². The van der Waals surface area contributed by atoms with E-state index in [9.17, 15) is 0 Å². The Morgan fingerprint density at radius 2 is 2.43 bits per heavy atom. The average molecular weight is 215 g/mol. The predicted octanol–water partition coefficient (Wildman–Crippen LogP) is 0.350. The van der Waals surface area contributed by atoms with E-state index in [2.05, 4.69) is 20.6 Å². The van der Waals surface area contributed by atoms with Gasteiger partial charge in [-0.3, -0.25) is 9.97 Å². The fourth-order valence-corrected chi connectivity index (χ4v) is 1.50. The van der Waals surface area contributed by atoms with Crippen molar-refractivity contribution in [3.8, 4) is 0 Å². The standard InChI is InChI=1S/C9H14N4.ClH/c1-2-10-5-8(1)13-7-9-6-11-3-4-12-9;/h3-4,6,8,10,13H,1-2,5,7H2;1H. The van der Waals surface area contributed by atoms with Gasteiger partial charge in [-0.1, -0.05) is 0 Å². The number of rotatable bonds is 3. The fourth-order valence-electron chi connectivity index (χ4n) is 1.50. The molecule has 1 aliphatic heterocycles. The van der Waals surface area contributed by atoms with Gasteiger partial charge in [0, 0.05) is 37.7 Å². The van der Waals surface area contributed by atoms with Crippen LogP contribution >= 0.6 is 12.4 Å². The van der Waals surface area contributed by atoms with E-state index in [1.807, 2.05) is 0 Å². The minimum Gasteiger partial charge on any atom is -0.315 e. The van der Waals surface area contributed by atoms with E-state index in [0.29, 0.717) is 6.04 Å². The number of aromatic nitrogens is 2. The second-order valence-electron chi connectivity index (χ2n) is 3.27. The summed E-state index contributed by atoms with van der Waals surface area (Å²) in [7, 11) is 0. The summed E-state index contributed by atoms with van der Waals surface area (Å²) < 4.78 is 0. The monoisotopic (exact) mass is 214 g/mol. The van der Waals surface area contributed by atoms with Crippen LogP contribution < -0.4 is 10.6 Å². The zero-order chi connectivity index (χ0) is 8.93. The minimum atomic E-state index is 0. The molecule has 1 aromatic heterocycles. The fraction of sp³-hybridized carbons (Fsp3) is 0.556. The van der Waals surface area contributed by atoms with E-state index in [1.54, 1.807) is 18.6 Å². The first-order valence-electron chi connectivity index (χ1n) is 4.64. The van der Waals surface area contributed by atoms with Gasteiger partial charge in [0.15, 0.2) is 0 Å². The molecule has 78 valence electrons. The Balaban J connectivity index is 0.000000980. The van der Waals surface area contributed by atoms with Crippen LogP contribution in [0.25, 0.3) is 0 Å². The quantitative estimate of drug-likeness (QED) is 0.763. The Bertz CT molecular complexity index is 248. The van der Waals surface area contributed by atoms with Gasteiger partial charge in [0.25, 0.3) is 0 Å².